The van der Waals surface area contributed by atoms with Gasteiger partial charge in [-0.2, -0.15) is 0 Å². The lowest BCUT2D eigenvalue weighted by molar-refractivity contribution is -0.150. The number of hydrogen-bond acceptors (Lipinski definition) is 3. The van der Waals surface area contributed by atoms with Gasteiger partial charge in [0.2, 0.25) is 11.8 Å². The van der Waals surface area contributed by atoms with Gasteiger partial charge in [0.25, 0.3) is 0 Å². The molecule has 1 fully saturated rings. The van der Waals surface area contributed by atoms with Crippen LogP contribution >= 0.6 is 0 Å². The highest BCUT2D eigenvalue weighted by Crippen LogP contribution is 2.17. The Hall–Kier alpha value is -0.910. The van der Waals surface area contributed by atoms with Gasteiger partial charge >= 0.3 is 0 Å². The topological polar surface area (TPSA) is 66.5 Å². The van der Waals surface area contributed by atoms with Crippen molar-refractivity contribution in [2.75, 3.05) is 18.6 Å². The number of nitrogens with one attached hydrogen (secondary N) is 1. The van der Waals surface area contributed by atoms with Crippen molar-refractivity contribution in [2.45, 2.75) is 39.3 Å². The molecule has 5 nitrogen and oxygen atoms in total. The molecule has 3 atom stereocenters. The van der Waals surface area contributed by atoms with E-state index in [0.717, 1.165) is 0 Å². The maximum absolute atomic E-state index is 12.1. The Labute approximate surface area is 111 Å². The molecule has 18 heavy (non-hydrogen) atoms. The van der Waals surface area contributed by atoms with Crippen molar-refractivity contribution in [3.05, 3.63) is 0 Å². The average molecular weight is 274 g/mol. The number of nitrogens with zero attached hydrogens (tertiary/aromatic N) is 1. The maximum Gasteiger partial charge on any atom is 0.245 e. The number of carbonyl (C=O) groups excluding carboxylic acids is 2. The van der Waals surface area contributed by atoms with Gasteiger partial charge in [-0.1, -0.05) is 13.8 Å². The van der Waals surface area contributed by atoms with Crippen molar-refractivity contribution in [3.8, 4) is 0 Å². The van der Waals surface area contributed by atoms with Crippen LogP contribution < -0.4 is 5.32 Å². The van der Waals surface area contributed by atoms with Gasteiger partial charge in [0.1, 0.15) is 12.1 Å². The molecule has 1 aliphatic heterocycles. The normalized spacial score (nSPS) is 26.4. The molecule has 0 bridgehead atoms. The van der Waals surface area contributed by atoms with Crippen LogP contribution in [0.2, 0.25) is 0 Å². The first-order valence-corrected chi connectivity index (χ1v) is 7.98. The molecule has 3 unspecified atom stereocenters. The molecule has 6 heteroatoms. The zero-order valence-corrected chi connectivity index (χ0v) is 12.3. The van der Waals surface area contributed by atoms with Crippen LogP contribution in [0.3, 0.4) is 0 Å². The van der Waals surface area contributed by atoms with Crippen LogP contribution in [0, 0.1) is 5.92 Å². The molecule has 0 aromatic carbocycles. The highest BCUT2D eigenvalue weighted by Gasteiger charge is 2.39. The van der Waals surface area contributed by atoms with Gasteiger partial charge in [-0.05, 0) is 19.3 Å². The molecule has 1 heterocycles. The summed E-state index contributed by atoms with van der Waals surface area (Å²) in [4.78, 5) is 25.7. The first-order valence-electron chi connectivity index (χ1n) is 6.25. The summed E-state index contributed by atoms with van der Waals surface area (Å²) in [5, 5.41) is 2.70. The molecule has 0 aromatic rings. The van der Waals surface area contributed by atoms with Gasteiger partial charge in [-0.3, -0.25) is 13.8 Å². The van der Waals surface area contributed by atoms with Crippen molar-refractivity contribution < 1.29 is 13.8 Å². The lowest BCUT2D eigenvalue weighted by Crippen LogP contribution is -2.64. The number of piperazine rings is 1. The molecule has 0 aromatic heterocycles. The highest BCUT2D eigenvalue weighted by atomic mass is 32.2. The van der Waals surface area contributed by atoms with E-state index in [9.17, 15) is 13.8 Å². The van der Waals surface area contributed by atoms with Gasteiger partial charge in [-0.25, -0.2) is 0 Å². The first-order chi connectivity index (χ1) is 8.34. The van der Waals surface area contributed by atoms with Gasteiger partial charge in [0, 0.05) is 29.4 Å². The largest absolute Gasteiger partial charge is 0.343 e. The maximum atomic E-state index is 12.1. The Morgan fingerprint density at radius 1 is 1.39 bits per heavy atom. The monoisotopic (exact) mass is 274 g/mol. The number of hydrogen-bond donors (Lipinski definition) is 1. The summed E-state index contributed by atoms with van der Waals surface area (Å²) < 4.78 is 11.0. The van der Waals surface area contributed by atoms with Crippen LogP contribution in [0.15, 0.2) is 0 Å². The number of carbonyl (C=O) groups is 2. The first kappa shape index (κ1) is 15.1. The number of amides is 2. The SMILES string of the molecule is CC1NC(=O)C(C(C)C)N(CCCS(C)=O)C1=O. The van der Waals surface area contributed by atoms with Crippen molar-refractivity contribution in [1.29, 1.82) is 0 Å². The van der Waals surface area contributed by atoms with E-state index in [4.69, 9.17) is 0 Å². The minimum absolute atomic E-state index is 0.0461. The summed E-state index contributed by atoms with van der Waals surface area (Å²) in [5.41, 5.74) is 0. The average Bonchev–Trinajstić information content (AvgIpc) is 2.23. The van der Waals surface area contributed by atoms with Gasteiger partial charge in [0.05, 0.1) is 0 Å². The second kappa shape index (κ2) is 6.31. The minimum atomic E-state index is -0.859. The molecular formula is C12H22N2O3S. The molecule has 1 saturated heterocycles. The van der Waals surface area contributed by atoms with Crippen LogP contribution in [-0.4, -0.2) is 51.6 Å². The van der Waals surface area contributed by atoms with E-state index in [1.807, 2.05) is 13.8 Å². The molecule has 0 spiro atoms. The van der Waals surface area contributed by atoms with E-state index >= 15 is 0 Å². The second-order valence-corrected chi connectivity index (χ2v) is 6.64. The zero-order chi connectivity index (χ0) is 13.9. The smallest absolute Gasteiger partial charge is 0.245 e. The Morgan fingerprint density at radius 2 is 2.00 bits per heavy atom. The van der Waals surface area contributed by atoms with E-state index < -0.39 is 22.9 Å². The molecule has 2 amide bonds. The van der Waals surface area contributed by atoms with Gasteiger partial charge in [0.15, 0.2) is 0 Å². The molecule has 1 aliphatic rings. The third-order valence-corrected chi connectivity index (χ3v) is 3.94. The minimum Gasteiger partial charge on any atom is -0.343 e. The van der Waals surface area contributed by atoms with E-state index in [0.29, 0.717) is 18.7 Å². The van der Waals surface area contributed by atoms with Crippen molar-refractivity contribution >= 4 is 22.6 Å². The standard InChI is InChI=1S/C12H22N2O3S/c1-8(2)10-11(15)13-9(3)12(16)14(10)6-5-7-18(4)17/h8-10H,5-7H2,1-4H3,(H,13,15). The second-order valence-electron chi connectivity index (χ2n) is 5.08. The zero-order valence-electron chi connectivity index (χ0n) is 11.4. The van der Waals surface area contributed by atoms with E-state index in [2.05, 4.69) is 5.32 Å². The summed E-state index contributed by atoms with van der Waals surface area (Å²) in [5.74, 6) is 0.503. The summed E-state index contributed by atoms with van der Waals surface area (Å²) in [6.07, 6.45) is 2.31. The van der Waals surface area contributed by atoms with Crippen molar-refractivity contribution in [2.24, 2.45) is 5.92 Å². The predicted octanol–water partition coefficient (Wildman–Crippen LogP) is 0.126. The van der Waals surface area contributed by atoms with Crippen LogP contribution in [0.1, 0.15) is 27.2 Å². The summed E-state index contributed by atoms with van der Waals surface area (Å²) in [7, 11) is -0.859. The lowest BCUT2D eigenvalue weighted by Gasteiger charge is -2.39. The Kier molecular flexibility index (Phi) is 5.31. The summed E-state index contributed by atoms with van der Waals surface area (Å²) in [6.45, 7) is 6.05. The predicted molar refractivity (Wildman–Crippen MR) is 71.5 cm³/mol. The lowest BCUT2D eigenvalue weighted by atomic mass is 9.97. The fourth-order valence-corrected chi connectivity index (χ4v) is 2.77. The third-order valence-electron chi connectivity index (χ3n) is 3.08. The van der Waals surface area contributed by atoms with E-state index in [1.165, 1.54) is 0 Å². The van der Waals surface area contributed by atoms with Crippen LogP contribution in [0.4, 0.5) is 0 Å². The van der Waals surface area contributed by atoms with Gasteiger partial charge in [-0.15, -0.1) is 0 Å². The Morgan fingerprint density at radius 3 is 2.50 bits per heavy atom. The summed E-state index contributed by atoms with van der Waals surface area (Å²) in [6, 6.07) is -0.862. The molecule has 1 N–H and O–H groups in total. The Balaban J connectivity index is 2.75. The van der Waals surface area contributed by atoms with E-state index in [-0.39, 0.29) is 17.7 Å². The highest BCUT2D eigenvalue weighted by molar-refractivity contribution is 7.84. The van der Waals surface area contributed by atoms with Crippen molar-refractivity contribution in [3.63, 3.8) is 0 Å². The Bertz CT molecular complexity index is 357. The van der Waals surface area contributed by atoms with E-state index in [1.54, 1.807) is 18.1 Å². The molecule has 0 radical (unpaired) electrons. The molecule has 0 aliphatic carbocycles. The molecular weight excluding hydrogens is 252 g/mol. The fraction of sp³-hybridized carbons (Fsp3) is 0.833. The fourth-order valence-electron chi connectivity index (χ4n) is 2.24. The van der Waals surface area contributed by atoms with Crippen molar-refractivity contribution in [1.82, 2.24) is 10.2 Å². The molecule has 104 valence electrons. The quantitative estimate of drug-likeness (QED) is 0.775. The third kappa shape index (κ3) is 3.54. The van der Waals surface area contributed by atoms with Crippen LogP contribution in [0.25, 0.3) is 0 Å². The molecule has 0 saturated carbocycles. The van der Waals surface area contributed by atoms with Crippen LogP contribution in [-0.2, 0) is 20.4 Å². The molecule has 1 rings (SSSR count). The summed E-state index contributed by atoms with van der Waals surface area (Å²) >= 11 is 0. The number of rotatable bonds is 5. The van der Waals surface area contributed by atoms with Crippen LogP contribution in [0.5, 0.6) is 0 Å². The van der Waals surface area contributed by atoms with Gasteiger partial charge < -0.3 is 10.2 Å².